The lowest BCUT2D eigenvalue weighted by Gasteiger charge is -2.43. The molecule has 4 N–H and O–H groups in total. The lowest BCUT2D eigenvalue weighted by atomic mass is 9.65. The first-order valence-electron chi connectivity index (χ1n) is 9.53. The zero-order chi connectivity index (χ0) is 17.4. The van der Waals surface area contributed by atoms with Gasteiger partial charge >= 0.3 is 0 Å². The molecule has 1 aromatic carbocycles. The van der Waals surface area contributed by atoms with E-state index in [-0.39, 0.29) is 29.7 Å². The molecule has 2 saturated carbocycles. The van der Waals surface area contributed by atoms with E-state index in [1.807, 2.05) is 24.3 Å². The van der Waals surface area contributed by atoms with Crippen molar-refractivity contribution in [2.45, 2.75) is 50.5 Å². The second kappa shape index (κ2) is 6.79. The first-order valence-corrected chi connectivity index (χ1v) is 9.53. The Bertz CT molecular complexity index is 661. The van der Waals surface area contributed by atoms with Gasteiger partial charge in [-0.05, 0) is 55.2 Å². The van der Waals surface area contributed by atoms with Crippen molar-refractivity contribution in [2.75, 3.05) is 11.9 Å². The molecule has 3 fully saturated rings. The van der Waals surface area contributed by atoms with Gasteiger partial charge in [0.2, 0.25) is 11.8 Å². The summed E-state index contributed by atoms with van der Waals surface area (Å²) < 4.78 is 0. The van der Waals surface area contributed by atoms with Crippen molar-refractivity contribution in [2.24, 2.45) is 23.5 Å². The largest absolute Gasteiger partial charge is 0.355 e. The third kappa shape index (κ3) is 3.43. The molecule has 2 amide bonds. The minimum Gasteiger partial charge on any atom is -0.355 e. The molecule has 0 spiro atoms. The van der Waals surface area contributed by atoms with Crippen LogP contribution in [-0.2, 0) is 9.59 Å². The number of carbonyl (C=O) groups is 2. The summed E-state index contributed by atoms with van der Waals surface area (Å²) >= 11 is 0. The molecule has 0 radical (unpaired) electrons. The van der Waals surface area contributed by atoms with Gasteiger partial charge in [0.25, 0.3) is 0 Å². The maximum atomic E-state index is 12.8. The molecule has 4 rings (SSSR count). The molecule has 1 saturated heterocycles. The maximum absolute atomic E-state index is 12.8. The Morgan fingerprint density at radius 3 is 2.64 bits per heavy atom. The average molecular weight is 341 g/mol. The highest BCUT2D eigenvalue weighted by Crippen LogP contribution is 2.42. The van der Waals surface area contributed by atoms with E-state index < -0.39 is 0 Å². The van der Waals surface area contributed by atoms with Gasteiger partial charge in [-0.1, -0.05) is 18.6 Å². The standard InChI is InChI=1S/C20H27N3O2/c21-19-13-4-1-5-14(19)8-15(7-13)20(25)23-17-6-2-3-12(9-17)16-10-18(24)22-11-16/h2-3,6,9,13-16,19H,1,4-5,7-8,10-11,21H2,(H,22,24)(H,23,25). The number of rotatable bonds is 3. The fourth-order valence-corrected chi connectivity index (χ4v) is 4.96. The highest BCUT2D eigenvalue weighted by atomic mass is 16.2. The Morgan fingerprint density at radius 2 is 1.96 bits per heavy atom. The molecule has 25 heavy (non-hydrogen) atoms. The summed E-state index contributed by atoms with van der Waals surface area (Å²) in [4.78, 5) is 24.2. The van der Waals surface area contributed by atoms with Gasteiger partial charge in [0.1, 0.15) is 0 Å². The number of fused-ring (bicyclic) bond motifs is 2. The van der Waals surface area contributed by atoms with Crippen molar-refractivity contribution in [3.8, 4) is 0 Å². The summed E-state index contributed by atoms with van der Waals surface area (Å²) in [7, 11) is 0. The maximum Gasteiger partial charge on any atom is 0.227 e. The number of hydrogen-bond donors (Lipinski definition) is 3. The fourth-order valence-electron chi connectivity index (χ4n) is 4.96. The minimum atomic E-state index is 0.0773. The van der Waals surface area contributed by atoms with Crippen LogP contribution in [0.5, 0.6) is 0 Å². The van der Waals surface area contributed by atoms with Crippen LogP contribution in [0.25, 0.3) is 0 Å². The molecule has 134 valence electrons. The second-order valence-electron chi connectivity index (χ2n) is 8.02. The number of carbonyl (C=O) groups excluding carboxylic acids is 2. The number of hydrogen-bond acceptors (Lipinski definition) is 3. The van der Waals surface area contributed by atoms with E-state index in [4.69, 9.17) is 5.73 Å². The van der Waals surface area contributed by atoms with Gasteiger partial charge in [0.15, 0.2) is 0 Å². The van der Waals surface area contributed by atoms with E-state index in [1.165, 1.54) is 19.3 Å². The SMILES string of the molecule is NC1C2CCCC1CC(C(=O)Nc1cccc(C3CNC(=O)C3)c1)C2. The van der Waals surface area contributed by atoms with Crippen molar-refractivity contribution in [1.82, 2.24) is 5.32 Å². The number of nitrogens with one attached hydrogen (secondary N) is 2. The molecule has 5 nitrogen and oxygen atoms in total. The minimum absolute atomic E-state index is 0.0773. The van der Waals surface area contributed by atoms with Crippen molar-refractivity contribution in [1.29, 1.82) is 0 Å². The molecule has 2 bridgehead atoms. The quantitative estimate of drug-likeness (QED) is 0.789. The molecule has 3 aliphatic rings. The fraction of sp³-hybridized carbons (Fsp3) is 0.600. The van der Waals surface area contributed by atoms with Crippen molar-refractivity contribution in [3.05, 3.63) is 29.8 Å². The highest BCUT2D eigenvalue weighted by Gasteiger charge is 2.40. The number of amides is 2. The summed E-state index contributed by atoms with van der Waals surface area (Å²) in [5.41, 5.74) is 8.28. The van der Waals surface area contributed by atoms with Crippen LogP contribution in [0.1, 0.15) is 50.0 Å². The van der Waals surface area contributed by atoms with Crippen LogP contribution in [0.2, 0.25) is 0 Å². The van der Waals surface area contributed by atoms with Gasteiger partial charge in [0.05, 0.1) is 0 Å². The molecule has 5 heteroatoms. The number of nitrogens with two attached hydrogens (primary N) is 1. The Morgan fingerprint density at radius 1 is 1.20 bits per heavy atom. The first-order chi connectivity index (χ1) is 12.1. The Labute approximate surface area is 148 Å². The van der Waals surface area contributed by atoms with Gasteiger partial charge in [-0.25, -0.2) is 0 Å². The van der Waals surface area contributed by atoms with Crippen LogP contribution >= 0.6 is 0 Å². The Balaban J connectivity index is 1.42. The third-order valence-electron chi connectivity index (χ3n) is 6.39. The van der Waals surface area contributed by atoms with Crippen molar-refractivity contribution in [3.63, 3.8) is 0 Å². The summed E-state index contributed by atoms with van der Waals surface area (Å²) in [5, 5.41) is 5.97. The van der Waals surface area contributed by atoms with Gasteiger partial charge in [-0.2, -0.15) is 0 Å². The van der Waals surface area contributed by atoms with Gasteiger partial charge in [-0.15, -0.1) is 0 Å². The van der Waals surface area contributed by atoms with Crippen LogP contribution in [0.3, 0.4) is 0 Å². The number of benzene rings is 1. The predicted molar refractivity (Wildman–Crippen MR) is 97.0 cm³/mol. The van der Waals surface area contributed by atoms with Crippen LogP contribution in [0, 0.1) is 17.8 Å². The van der Waals surface area contributed by atoms with Crippen LogP contribution in [0.15, 0.2) is 24.3 Å². The molecular formula is C20H27N3O2. The molecule has 0 aromatic heterocycles. The summed E-state index contributed by atoms with van der Waals surface area (Å²) in [6.07, 6.45) is 5.96. The van der Waals surface area contributed by atoms with E-state index >= 15 is 0 Å². The van der Waals surface area contributed by atoms with Crippen molar-refractivity contribution >= 4 is 17.5 Å². The normalized spacial score (nSPS) is 34.4. The molecule has 1 aliphatic heterocycles. The zero-order valence-electron chi connectivity index (χ0n) is 14.5. The summed E-state index contributed by atoms with van der Waals surface area (Å²) in [6.45, 7) is 0.681. The molecule has 3 atom stereocenters. The average Bonchev–Trinajstić information content (AvgIpc) is 3.01. The third-order valence-corrected chi connectivity index (χ3v) is 6.39. The van der Waals surface area contributed by atoms with E-state index in [0.717, 1.165) is 24.1 Å². The lowest BCUT2D eigenvalue weighted by molar-refractivity contribution is -0.122. The smallest absolute Gasteiger partial charge is 0.227 e. The summed E-state index contributed by atoms with van der Waals surface area (Å²) in [5.74, 6) is 1.52. The zero-order valence-corrected chi connectivity index (χ0v) is 14.5. The Kier molecular flexibility index (Phi) is 4.50. The number of anilines is 1. The monoisotopic (exact) mass is 341 g/mol. The predicted octanol–water partition coefficient (Wildman–Crippen LogP) is 2.38. The van der Waals surface area contributed by atoms with Gasteiger partial charge in [0, 0.05) is 36.5 Å². The van der Waals surface area contributed by atoms with E-state index in [9.17, 15) is 9.59 Å². The Hall–Kier alpha value is -1.88. The topological polar surface area (TPSA) is 84.2 Å². The lowest BCUT2D eigenvalue weighted by Crippen LogP contribution is -2.48. The van der Waals surface area contributed by atoms with Crippen molar-refractivity contribution < 1.29 is 9.59 Å². The first kappa shape index (κ1) is 16.6. The van der Waals surface area contributed by atoms with E-state index in [2.05, 4.69) is 10.6 Å². The molecule has 1 heterocycles. The van der Waals surface area contributed by atoms with Crippen LogP contribution < -0.4 is 16.4 Å². The summed E-state index contributed by atoms with van der Waals surface area (Å²) in [6, 6.07) is 8.22. The van der Waals surface area contributed by atoms with Crippen LogP contribution in [0.4, 0.5) is 5.69 Å². The molecular weight excluding hydrogens is 314 g/mol. The van der Waals surface area contributed by atoms with Gasteiger partial charge < -0.3 is 16.4 Å². The second-order valence-corrected chi connectivity index (χ2v) is 8.02. The van der Waals surface area contributed by atoms with E-state index in [0.29, 0.717) is 24.8 Å². The molecule has 1 aromatic rings. The van der Waals surface area contributed by atoms with Gasteiger partial charge in [-0.3, -0.25) is 9.59 Å². The molecule has 3 unspecified atom stereocenters. The van der Waals surface area contributed by atoms with E-state index in [1.54, 1.807) is 0 Å². The van der Waals surface area contributed by atoms with Crippen LogP contribution in [-0.4, -0.2) is 24.4 Å². The molecule has 2 aliphatic carbocycles. The highest BCUT2D eigenvalue weighted by molar-refractivity contribution is 5.92.